The molecule has 4 aromatic heterocycles. The highest BCUT2D eigenvalue weighted by atomic mass is 19.4. The number of ether oxygens (including phenoxy) is 3. The molecule has 68 heavy (non-hydrogen) atoms. The number of fused-ring (bicyclic) bond motifs is 2. The SMILES string of the molecule is C.C1CCOC1.COc1cc2nn(C3CC(C(C)(C)O)C3)cc2cc1N.COc1cc2nn(C3CC(C(C)(C)O)C3)cc2cc1NC(=O)c1ccnc(C(F)(F)F)c1.Cc1cc(C(=O)O)ccn1. The van der Waals surface area contributed by atoms with Gasteiger partial charge in [-0.05, 0) is 121 Å². The van der Waals surface area contributed by atoms with Gasteiger partial charge in [0.2, 0.25) is 0 Å². The molecule has 3 fully saturated rings. The van der Waals surface area contributed by atoms with Crippen molar-refractivity contribution in [3.8, 4) is 11.5 Å². The first-order chi connectivity index (χ1) is 31.5. The first-order valence-corrected chi connectivity index (χ1v) is 22.0. The number of carboxylic acids is 1. The van der Waals surface area contributed by atoms with E-state index in [9.17, 15) is 33.0 Å². The summed E-state index contributed by atoms with van der Waals surface area (Å²) in [6.07, 6.45) is 7.76. The number of amides is 1. The molecule has 2 aliphatic carbocycles. The number of aromatic carboxylic acids is 1. The third-order valence-electron chi connectivity index (χ3n) is 12.2. The van der Waals surface area contributed by atoms with Crippen LogP contribution >= 0.6 is 0 Å². The van der Waals surface area contributed by atoms with Gasteiger partial charge < -0.3 is 40.6 Å². The molecule has 19 heteroatoms. The standard InChI is InChI=1S/C22H23F3N4O3.C15H21N3O2.C7H7NO2.C4H8O.CH4/c1-21(2,31)14-8-15(9-14)29-11-13-6-17(18(32-3)10-16(13)28-29)27-20(30)12-4-5-26-19(7-12)22(23,24)25;1-15(2,19)10-5-11(6-10)18-8-9-4-12(16)14(20-3)7-13(9)17-18;1-5-4-6(7(9)10)2-3-8-5;1-2-4-5-3-1;/h4-7,10-11,14-15,31H,8-9H2,1-3H3,(H,27,30);4,7-8,10-11,19H,5-6,16H2,1-3H3;2-4H,1H3,(H,9,10);1-4H2;1H4. The smallest absolute Gasteiger partial charge is 0.433 e. The minimum absolute atomic E-state index is 0. The lowest BCUT2D eigenvalue weighted by atomic mass is 9.71. The number of nitrogens with two attached hydrogens (primary N) is 1. The first kappa shape index (κ1) is 52.7. The highest BCUT2D eigenvalue weighted by molar-refractivity contribution is 6.06. The number of aliphatic hydroxyl groups is 2. The number of carbonyl (C=O) groups is 2. The van der Waals surface area contributed by atoms with Crippen LogP contribution in [0.25, 0.3) is 21.8 Å². The number of aromatic nitrogens is 6. The predicted molar refractivity (Wildman–Crippen MR) is 253 cm³/mol. The number of hydrogen-bond donors (Lipinski definition) is 5. The third-order valence-corrected chi connectivity index (χ3v) is 12.2. The lowest BCUT2D eigenvalue weighted by molar-refractivity contribution is -0.141. The van der Waals surface area contributed by atoms with Crippen molar-refractivity contribution >= 4 is 45.1 Å². The van der Waals surface area contributed by atoms with Crippen LogP contribution in [0, 0.1) is 18.8 Å². The zero-order valence-electron chi connectivity index (χ0n) is 38.7. The summed E-state index contributed by atoms with van der Waals surface area (Å²) in [5.41, 5.74) is 6.77. The van der Waals surface area contributed by atoms with E-state index >= 15 is 0 Å². The van der Waals surface area contributed by atoms with Gasteiger partial charge in [-0.25, -0.2) is 4.79 Å². The van der Waals surface area contributed by atoms with E-state index < -0.39 is 34.9 Å². The quantitative estimate of drug-likeness (QED) is 0.0854. The maximum Gasteiger partial charge on any atom is 0.433 e. The van der Waals surface area contributed by atoms with Crippen LogP contribution in [0.15, 0.2) is 73.3 Å². The summed E-state index contributed by atoms with van der Waals surface area (Å²) in [4.78, 5) is 30.0. The molecule has 1 aliphatic heterocycles. The molecule has 0 spiro atoms. The molecular formula is C49H63F3N8O8. The number of nitrogens with one attached hydrogen (secondary N) is 1. The number of pyridine rings is 2. The van der Waals surface area contributed by atoms with Crippen molar-refractivity contribution in [2.75, 3.05) is 38.5 Å². The molecule has 1 saturated heterocycles. The lowest BCUT2D eigenvalue weighted by Crippen LogP contribution is -2.41. The van der Waals surface area contributed by atoms with E-state index in [0.717, 1.165) is 67.1 Å². The topological polar surface area (TPSA) is 222 Å². The molecule has 16 nitrogen and oxygen atoms in total. The van der Waals surface area contributed by atoms with E-state index in [1.54, 1.807) is 40.0 Å². The minimum atomic E-state index is -4.65. The Morgan fingerprint density at radius 2 is 1.26 bits per heavy atom. The number of methoxy groups -OCH3 is 2. The second kappa shape index (κ2) is 21.8. The molecule has 1 amide bonds. The normalized spacial score (nSPS) is 18.8. The molecule has 3 aliphatic rings. The van der Waals surface area contributed by atoms with Gasteiger partial charge in [0, 0.05) is 72.2 Å². The Balaban J connectivity index is 0.000000202. The molecular weight excluding hydrogens is 886 g/mol. The molecule has 5 heterocycles. The number of carbonyl (C=O) groups excluding carboxylic acids is 1. The molecule has 6 N–H and O–H groups in total. The van der Waals surface area contributed by atoms with Crippen molar-refractivity contribution in [3.05, 3.63) is 95.8 Å². The Kier molecular flexibility index (Phi) is 16.8. The Labute approximate surface area is 393 Å². The molecule has 0 atom stereocenters. The fourth-order valence-corrected chi connectivity index (χ4v) is 7.85. The molecule has 9 rings (SSSR count). The van der Waals surface area contributed by atoms with Gasteiger partial charge >= 0.3 is 12.1 Å². The molecule has 2 aromatic carbocycles. The van der Waals surface area contributed by atoms with Gasteiger partial charge in [0.15, 0.2) is 0 Å². The number of anilines is 2. The van der Waals surface area contributed by atoms with E-state index in [0.29, 0.717) is 46.4 Å². The van der Waals surface area contributed by atoms with E-state index in [4.69, 9.17) is 25.1 Å². The zero-order valence-corrected chi connectivity index (χ0v) is 38.7. The maximum atomic E-state index is 12.9. The summed E-state index contributed by atoms with van der Waals surface area (Å²) in [6.45, 7) is 11.1. The number of hydrogen-bond acceptors (Lipinski definition) is 12. The fraction of sp³-hybridized carbons (Fsp3) is 0.469. The lowest BCUT2D eigenvalue weighted by Gasteiger charge is -2.42. The Hall–Kier alpha value is -6.31. The van der Waals surface area contributed by atoms with Crippen molar-refractivity contribution in [2.45, 2.75) is 110 Å². The van der Waals surface area contributed by atoms with Gasteiger partial charge in [0.25, 0.3) is 5.91 Å². The number of halogens is 3. The fourth-order valence-electron chi connectivity index (χ4n) is 7.85. The molecule has 6 aromatic rings. The highest BCUT2D eigenvalue weighted by Crippen LogP contribution is 2.45. The number of benzene rings is 2. The van der Waals surface area contributed by atoms with Crippen LogP contribution < -0.4 is 20.5 Å². The maximum absolute atomic E-state index is 12.9. The van der Waals surface area contributed by atoms with Gasteiger partial charge in [-0.2, -0.15) is 23.4 Å². The Bertz CT molecular complexity index is 2650. The minimum Gasteiger partial charge on any atom is -0.495 e. The molecule has 368 valence electrons. The summed E-state index contributed by atoms with van der Waals surface area (Å²) in [6, 6.07) is 12.5. The molecule has 0 bridgehead atoms. The summed E-state index contributed by atoms with van der Waals surface area (Å²) in [5, 5.41) is 42.2. The van der Waals surface area contributed by atoms with Gasteiger partial charge in [-0.1, -0.05) is 7.43 Å². The number of alkyl halides is 3. The Morgan fingerprint density at radius 1 is 0.765 bits per heavy atom. The summed E-state index contributed by atoms with van der Waals surface area (Å²) in [5.74, 6) is -0.0825. The van der Waals surface area contributed by atoms with Crippen LogP contribution in [0.4, 0.5) is 24.5 Å². The van der Waals surface area contributed by atoms with E-state index in [2.05, 4.69) is 25.5 Å². The summed E-state index contributed by atoms with van der Waals surface area (Å²) < 4.78 is 58.1. The van der Waals surface area contributed by atoms with Crippen LogP contribution in [0.1, 0.15) is 118 Å². The number of rotatable bonds is 9. The molecule has 0 unspecified atom stereocenters. The van der Waals surface area contributed by atoms with Crippen molar-refractivity contribution in [1.29, 1.82) is 0 Å². The average Bonchev–Trinajstić information content (AvgIpc) is 4.01. The summed E-state index contributed by atoms with van der Waals surface area (Å²) >= 11 is 0. The Morgan fingerprint density at radius 3 is 1.71 bits per heavy atom. The van der Waals surface area contributed by atoms with Crippen LogP contribution in [0.3, 0.4) is 0 Å². The van der Waals surface area contributed by atoms with Crippen LogP contribution in [0.5, 0.6) is 11.5 Å². The van der Waals surface area contributed by atoms with Crippen LogP contribution in [-0.4, -0.2) is 95.4 Å². The number of aryl methyl sites for hydroxylation is 1. The summed E-state index contributed by atoms with van der Waals surface area (Å²) in [7, 11) is 3.04. The van der Waals surface area contributed by atoms with E-state index in [1.165, 1.54) is 44.3 Å². The van der Waals surface area contributed by atoms with E-state index in [-0.39, 0.29) is 30.5 Å². The average molecular weight is 949 g/mol. The van der Waals surface area contributed by atoms with Crippen LogP contribution in [-0.2, 0) is 10.9 Å². The first-order valence-electron chi connectivity index (χ1n) is 22.0. The van der Waals surface area contributed by atoms with Gasteiger partial charge in [-0.3, -0.25) is 24.1 Å². The van der Waals surface area contributed by atoms with E-state index in [1.807, 2.05) is 47.7 Å². The predicted octanol–water partition coefficient (Wildman–Crippen LogP) is 9.30. The van der Waals surface area contributed by atoms with Crippen molar-refractivity contribution in [3.63, 3.8) is 0 Å². The van der Waals surface area contributed by atoms with Crippen molar-refractivity contribution in [2.24, 2.45) is 11.8 Å². The van der Waals surface area contributed by atoms with Gasteiger partial charge in [0.05, 0.1) is 65.5 Å². The van der Waals surface area contributed by atoms with Crippen molar-refractivity contribution in [1.82, 2.24) is 29.5 Å². The van der Waals surface area contributed by atoms with Crippen LogP contribution in [0.2, 0.25) is 0 Å². The second-order valence-electron chi connectivity index (χ2n) is 18.1. The second-order valence-corrected chi connectivity index (χ2v) is 18.1. The largest absolute Gasteiger partial charge is 0.495 e. The zero-order chi connectivity index (χ0) is 48.8. The van der Waals surface area contributed by atoms with Crippen molar-refractivity contribution < 1.29 is 52.3 Å². The van der Waals surface area contributed by atoms with Gasteiger partial charge in [-0.15, -0.1) is 0 Å². The molecule has 0 radical (unpaired) electrons. The number of carboxylic acid groups (broad SMARTS) is 1. The monoisotopic (exact) mass is 948 g/mol. The highest BCUT2D eigenvalue weighted by Gasteiger charge is 2.41. The van der Waals surface area contributed by atoms with Gasteiger partial charge in [0.1, 0.15) is 17.2 Å². The molecule has 2 saturated carbocycles. The number of nitrogens with zero attached hydrogens (tertiary/aromatic N) is 6. The third kappa shape index (κ3) is 13.2. The number of nitrogen functional groups attached to an aromatic ring is 1.